The molecule has 2 N–H and O–H groups in total. The van der Waals surface area contributed by atoms with Gasteiger partial charge in [0.15, 0.2) is 5.11 Å². The monoisotopic (exact) mass is 354 g/mol. The van der Waals surface area contributed by atoms with E-state index in [1.807, 2.05) is 12.1 Å². The number of hydrogen-bond donors (Lipinski definition) is 2. The molecule has 0 unspecified atom stereocenters. The molecule has 2 aromatic rings. The molecule has 4 nitrogen and oxygen atoms in total. The fourth-order valence-electron chi connectivity index (χ4n) is 3.28. The quantitative estimate of drug-likeness (QED) is 0.798. The lowest BCUT2D eigenvalue weighted by Gasteiger charge is -2.33. The Kier molecular flexibility index (Phi) is 5.87. The largest absolute Gasteiger partial charge is 0.371 e. The van der Waals surface area contributed by atoms with E-state index >= 15 is 0 Å². The van der Waals surface area contributed by atoms with Crippen LogP contribution in [0.3, 0.4) is 0 Å². The number of piperidine rings is 1. The molecule has 1 aliphatic heterocycles. The minimum Gasteiger partial charge on any atom is -0.371 e. The number of anilines is 2. The lowest BCUT2D eigenvalue weighted by atomic mass is 9.99. The van der Waals surface area contributed by atoms with Crippen molar-refractivity contribution < 1.29 is 0 Å². The first-order chi connectivity index (χ1) is 12.1. The van der Waals surface area contributed by atoms with Crippen molar-refractivity contribution in [3.8, 4) is 0 Å². The van der Waals surface area contributed by atoms with Crippen LogP contribution in [0.5, 0.6) is 0 Å². The highest BCUT2D eigenvalue weighted by molar-refractivity contribution is 7.80. The van der Waals surface area contributed by atoms with Gasteiger partial charge in [-0.3, -0.25) is 4.98 Å². The molecule has 0 radical (unpaired) electrons. The van der Waals surface area contributed by atoms with Crippen LogP contribution in [-0.4, -0.2) is 23.2 Å². The molecule has 3 rings (SSSR count). The van der Waals surface area contributed by atoms with E-state index in [2.05, 4.69) is 58.6 Å². The molecular weight excluding hydrogens is 328 g/mol. The third kappa shape index (κ3) is 4.92. The van der Waals surface area contributed by atoms with E-state index in [9.17, 15) is 0 Å². The van der Waals surface area contributed by atoms with Crippen LogP contribution in [-0.2, 0) is 0 Å². The van der Waals surface area contributed by atoms with Crippen LogP contribution in [0.15, 0.2) is 48.8 Å². The van der Waals surface area contributed by atoms with Crippen molar-refractivity contribution >= 4 is 28.7 Å². The summed E-state index contributed by atoms with van der Waals surface area (Å²) in [4.78, 5) is 6.57. The maximum absolute atomic E-state index is 5.40. The number of pyridine rings is 1. The summed E-state index contributed by atoms with van der Waals surface area (Å²) in [7, 11) is 0. The highest BCUT2D eigenvalue weighted by atomic mass is 32.1. The van der Waals surface area contributed by atoms with Gasteiger partial charge in [-0.1, -0.05) is 19.1 Å². The summed E-state index contributed by atoms with van der Waals surface area (Å²) in [6.45, 7) is 6.78. The molecule has 0 aliphatic carbocycles. The van der Waals surface area contributed by atoms with E-state index in [1.54, 1.807) is 12.4 Å². The van der Waals surface area contributed by atoms with Crippen LogP contribution in [0.2, 0.25) is 0 Å². The predicted molar refractivity (Wildman–Crippen MR) is 109 cm³/mol. The van der Waals surface area contributed by atoms with Gasteiger partial charge in [0, 0.05) is 25.0 Å². The molecular formula is C20H26N4S. The van der Waals surface area contributed by atoms with Crippen molar-refractivity contribution in [1.82, 2.24) is 10.3 Å². The van der Waals surface area contributed by atoms with Gasteiger partial charge in [-0.15, -0.1) is 0 Å². The Morgan fingerprint density at radius 1 is 1.28 bits per heavy atom. The average molecular weight is 355 g/mol. The van der Waals surface area contributed by atoms with Gasteiger partial charge in [0.1, 0.15) is 0 Å². The maximum atomic E-state index is 5.40. The standard InChI is InChI=1S/C20H26N4S/c1-15-5-4-12-24(14-15)19-9-7-17(8-10-19)16(2)22-20(25)23-18-6-3-11-21-13-18/h3,6-11,13,15-16H,4-5,12,14H2,1-2H3,(H2,22,23,25)/t15-,16-/m0/s1. The molecule has 0 amide bonds. The highest BCUT2D eigenvalue weighted by Gasteiger charge is 2.16. The number of benzene rings is 1. The first kappa shape index (κ1) is 17.7. The molecule has 1 aromatic heterocycles. The maximum Gasteiger partial charge on any atom is 0.171 e. The zero-order chi connectivity index (χ0) is 17.6. The molecule has 0 bridgehead atoms. The number of hydrogen-bond acceptors (Lipinski definition) is 3. The molecule has 5 heteroatoms. The molecule has 2 heterocycles. The zero-order valence-corrected chi connectivity index (χ0v) is 15.7. The van der Waals surface area contributed by atoms with Crippen LogP contribution >= 0.6 is 12.2 Å². The van der Waals surface area contributed by atoms with E-state index in [1.165, 1.54) is 24.1 Å². The van der Waals surface area contributed by atoms with E-state index < -0.39 is 0 Å². The molecule has 0 spiro atoms. The number of rotatable bonds is 4. The second kappa shape index (κ2) is 8.30. The van der Waals surface area contributed by atoms with Crippen LogP contribution < -0.4 is 15.5 Å². The fraction of sp³-hybridized carbons (Fsp3) is 0.400. The summed E-state index contributed by atoms with van der Waals surface area (Å²) in [5, 5.41) is 7.10. The first-order valence-corrected chi connectivity index (χ1v) is 9.35. The van der Waals surface area contributed by atoms with Crippen molar-refractivity contribution in [3.05, 3.63) is 54.4 Å². The third-order valence-electron chi connectivity index (χ3n) is 4.68. The SMILES string of the molecule is C[C@H]1CCCN(c2ccc([C@H](C)NC(=S)Nc3cccnc3)cc2)C1. The van der Waals surface area contributed by atoms with Gasteiger partial charge < -0.3 is 15.5 Å². The Balaban J connectivity index is 1.57. The van der Waals surface area contributed by atoms with E-state index in [0.717, 1.165) is 24.7 Å². The van der Waals surface area contributed by atoms with Gasteiger partial charge in [0.05, 0.1) is 17.9 Å². The van der Waals surface area contributed by atoms with E-state index in [0.29, 0.717) is 5.11 Å². The summed E-state index contributed by atoms with van der Waals surface area (Å²) in [6, 6.07) is 12.8. The van der Waals surface area contributed by atoms with Crippen molar-refractivity contribution in [1.29, 1.82) is 0 Å². The third-order valence-corrected chi connectivity index (χ3v) is 4.90. The Hall–Kier alpha value is -2.14. The normalized spacial score (nSPS) is 18.5. The Morgan fingerprint density at radius 3 is 2.76 bits per heavy atom. The van der Waals surface area contributed by atoms with Gasteiger partial charge in [0.2, 0.25) is 0 Å². The van der Waals surface area contributed by atoms with E-state index in [-0.39, 0.29) is 6.04 Å². The second-order valence-electron chi connectivity index (χ2n) is 6.85. The molecule has 1 fully saturated rings. The van der Waals surface area contributed by atoms with Crippen molar-refractivity contribution in [2.75, 3.05) is 23.3 Å². The van der Waals surface area contributed by atoms with Crippen LogP contribution in [0.4, 0.5) is 11.4 Å². The highest BCUT2D eigenvalue weighted by Crippen LogP contribution is 2.24. The molecule has 0 saturated carbocycles. The van der Waals surface area contributed by atoms with Crippen LogP contribution in [0, 0.1) is 5.92 Å². The number of thiocarbonyl (C=S) groups is 1. The van der Waals surface area contributed by atoms with Gasteiger partial charge in [-0.05, 0) is 67.7 Å². The van der Waals surface area contributed by atoms with Gasteiger partial charge in [0.25, 0.3) is 0 Å². The van der Waals surface area contributed by atoms with Gasteiger partial charge in [-0.2, -0.15) is 0 Å². The summed E-state index contributed by atoms with van der Waals surface area (Å²) >= 11 is 5.40. The van der Waals surface area contributed by atoms with Crippen LogP contribution in [0.25, 0.3) is 0 Å². The lowest BCUT2D eigenvalue weighted by molar-refractivity contribution is 0.447. The molecule has 2 atom stereocenters. The zero-order valence-electron chi connectivity index (χ0n) is 14.9. The Labute approximate surface area is 155 Å². The van der Waals surface area contributed by atoms with E-state index in [4.69, 9.17) is 12.2 Å². The summed E-state index contributed by atoms with van der Waals surface area (Å²) < 4.78 is 0. The topological polar surface area (TPSA) is 40.2 Å². The molecule has 1 aromatic carbocycles. The van der Waals surface area contributed by atoms with Crippen molar-refractivity contribution in [3.63, 3.8) is 0 Å². The summed E-state index contributed by atoms with van der Waals surface area (Å²) in [6.07, 6.45) is 6.13. The van der Waals surface area contributed by atoms with Crippen LogP contribution in [0.1, 0.15) is 38.3 Å². The summed E-state index contributed by atoms with van der Waals surface area (Å²) in [5.74, 6) is 0.782. The number of aromatic nitrogens is 1. The molecule has 25 heavy (non-hydrogen) atoms. The fourth-order valence-corrected chi connectivity index (χ4v) is 3.58. The predicted octanol–water partition coefficient (Wildman–Crippen LogP) is 4.37. The average Bonchev–Trinajstić information content (AvgIpc) is 2.62. The molecule has 1 aliphatic rings. The number of nitrogens with one attached hydrogen (secondary N) is 2. The van der Waals surface area contributed by atoms with Gasteiger partial charge >= 0.3 is 0 Å². The summed E-state index contributed by atoms with van der Waals surface area (Å²) in [5.41, 5.74) is 3.43. The number of nitrogens with zero attached hydrogens (tertiary/aromatic N) is 2. The minimum atomic E-state index is 0.144. The first-order valence-electron chi connectivity index (χ1n) is 8.94. The molecule has 132 valence electrons. The van der Waals surface area contributed by atoms with Gasteiger partial charge in [-0.25, -0.2) is 0 Å². The van der Waals surface area contributed by atoms with Crippen molar-refractivity contribution in [2.24, 2.45) is 5.92 Å². The minimum absolute atomic E-state index is 0.144. The lowest BCUT2D eigenvalue weighted by Crippen LogP contribution is -2.34. The Morgan fingerprint density at radius 2 is 2.08 bits per heavy atom. The second-order valence-corrected chi connectivity index (χ2v) is 7.26. The van der Waals surface area contributed by atoms with Crippen molar-refractivity contribution in [2.45, 2.75) is 32.7 Å². The Bertz CT molecular complexity index is 687. The smallest absolute Gasteiger partial charge is 0.171 e. The molecule has 1 saturated heterocycles.